The highest BCUT2D eigenvalue weighted by Gasteiger charge is 2.26. The smallest absolute Gasteiger partial charge is 0.289 e. The first-order valence-corrected chi connectivity index (χ1v) is 10.8. The molecule has 1 saturated carbocycles. The third-order valence-corrected chi connectivity index (χ3v) is 5.43. The third kappa shape index (κ3) is 5.58. The molecule has 0 aliphatic heterocycles. The molecule has 8 heteroatoms. The fourth-order valence-electron chi connectivity index (χ4n) is 3.81. The van der Waals surface area contributed by atoms with Crippen molar-refractivity contribution in [3.63, 3.8) is 0 Å². The molecule has 0 radical (unpaired) electrons. The predicted molar refractivity (Wildman–Crippen MR) is 122 cm³/mol. The summed E-state index contributed by atoms with van der Waals surface area (Å²) in [4.78, 5) is 26.2. The number of aromatic nitrogens is 2. The zero-order valence-electron chi connectivity index (χ0n) is 18.1. The van der Waals surface area contributed by atoms with Crippen molar-refractivity contribution in [1.82, 2.24) is 15.3 Å². The van der Waals surface area contributed by atoms with E-state index in [1.54, 1.807) is 0 Å². The lowest BCUT2D eigenvalue weighted by molar-refractivity contribution is 0.0942. The lowest BCUT2D eigenvalue weighted by atomic mass is 9.90. The maximum absolute atomic E-state index is 12.7. The van der Waals surface area contributed by atoms with Crippen LogP contribution in [0.1, 0.15) is 62.1 Å². The van der Waals surface area contributed by atoms with Gasteiger partial charge in [0, 0.05) is 11.9 Å². The van der Waals surface area contributed by atoms with Crippen molar-refractivity contribution in [2.45, 2.75) is 65.0 Å². The van der Waals surface area contributed by atoms with E-state index in [4.69, 9.17) is 11.5 Å². The molecule has 1 aliphatic carbocycles. The fraction of sp³-hybridized carbons (Fsp3) is 0.545. The van der Waals surface area contributed by atoms with Crippen molar-refractivity contribution in [1.29, 1.82) is 0 Å². The van der Waals surface area contributed by atoms with E-state index >= 15 is 0 Å². The Bertz CT molecular complexity index is 921. The quantitative estimate of drug-likeness (QED) is 0.409. The van der Waals surface area contributed by atoms with E-state index in [0.717, 1.165) is 48.6 Å². The number of amides is 1. The summed E-state index contributed by atoms with van der Waals surface area (Å²) in [5.74, 6) is 1.18. The maximum atomic E-state index is 12.7. The van der Waals surface area contributed by atoms with Gasteiger partial charge in [0.05, 0.1) is 17.6 Å². The van der Waals surface area contributed by atoms with Gasteiger partial charge in [-0.15, -0.1) is 0 Å². The molecular weight excluding hydrogens is 378 g/mol. The summed E-state index contributed by atoms with van der Waals surface area (Å²) in [5.41, 5.74) is 13.1. The van der Waals surface area contributed by atoms with E-state index in [1.165, 1.54) is 0 Å². The molecule has 30 heavy (non-hydrogen) atoms. The molecule has 1 aromatic carbocycles. The number of aliphatic imine (C=N–C) groups is 1. The Balaban J connectivity index is 1.92. The summed E-state index contributed by atoms with van der Waals surface area (Å²) in [7, 11) is 0. The number of benzene rings is 1. The zero-order chi connectivity index (χ0) is 21.7. The molecule has 1 aromatic heterocycles. The first kappa shape index (κ1) is 21.8. The lowest BCUT2D eigenvalue weighted by Gasteiger charge is -2.30. The fourth-order valence-corrected chi connectivity index (χ4v) is 3.81. The average molecular weight is 412 g/mol. The minimum absolute atomic E-state index is 0.0121. The summed E-state index contributed by atoms with van der Waals surface area (Å²) < 4.78 is 0. The zero-order valence-corrected chi connectivity index (χ0v) is 18.1. The van der Waals surface area contributed by atoms with Gasteiger partial charge in [0.2, 0.25) is 5.82 Å². The topological polar surface area (TPSA) is 131 Å². The highest BCUT2D eigenvalue weighted by atomic mass is 16.2. The summed E-state index contributed by atoms with van der Waals surface area (Å²) in [6.07, 6.45) is 4.95. The third-order valence-electron chi connectivity index (χ3n) is 5.43. The maximum Gasteiger partial charge on any atom is 0.289 e. The van der Waals surface area contributed by atoms with Gasteiger partial charge >= 0.3 is 0 Å². The first-order valence-electron chi connectivity index (χ1n) is 10.8. The Kier molecular flexibility index (Phi) is 7.07. The molecule has 2 unspecified atom stereocenters. The van der Waals surface area contributed by atoms with Gasteiger partial charge in [0.1, 0.15) is 5.82 Å². The van der Waals surface area contributed by atoms with Crippen LogP contribution in [0.4, 0.5) is 5.82 Å². The molecule has 162 valence electrons. The lowest BCUT2D eigenvalue weighted by Crippen LogP contribution is -2.38. The van der Waals surface area contributed by atoms with Gasteiger partial charge in [-0.3, -0.25) is 4.79 Å². The van der Waals surface area contributed by atoms with Crippen LogP contribution in [0.5, 0.6) is 0 Å². The van der Waals surface area contributed by atoms with E-state index in [-0.39, 0.29) is 29.8 Å². The van der Waals surface area contributed by atoms with Crippen LogP contribution in [-0.4, -0.2) is 40.5 Å². The molecule has 1 fully saturated rings. The van der Waals surface area contributed by atoms with Crippen molar-refractivity contribution in [2.75, 3.05) is 11.9 Å². The Morgan fingerprint density at radius 2 is 2.00 bits per heavy atom. The first-order chi connectivity index (χ1) is 14.3. The van der Waals surface area contributed by atoms with Crippen molar-refractivity contribution in [3.05, 3.63) is 29.6 Å². The molecule has 2 atom stereocenters. The highest BCUT2D eigenvalue weighted by Crippen LogP contribution is 2.28. The van der Waals surface area contributed by atoms with Crippen LogP contribution in [0.2, 0.25) is 0 Å². The van der Waals surface area contributed by atoms with Gasteiger partial charge in [-0.2, -0.15) is 0 Å². The standard InChI is InChI=1S/C22H33N7O/c1-13(2)10-11-25-21(30)20-26-16-9-8-14(3)12-15(16)19(29-20)27-17-6-4-5-7-18(17)28-22(23)24/h8-9,12-13,17-18H,4-7,10-11H2,1-3H3,(H,25,30)(H4,23,24,28)(H,26,27,29). The molecule has 0 spiro atoms. The molecule has 6 N–H and O–H groups in total. The van der Waals surface area contributed by atoms with E-state index in [1.807, 2.05) is 25.1 Å². The Hall–Kier alpha value is -2.90. The average Bonchev–Trinajstić information content (AvgIpc) is 2.69. The molecule has 1 heterocycles. The van der Waals surface area contributed by atoms with Gasteiger partial charge in [0.25, 0.3) is 5.91 Å². The van der Waals surface area contributed by atoms with E-state index < -0.39 is 0 Å². The predicted octanol–water partition coefficient (Wildman–Crippen LogP) is 2.71. The van der Waals surface area contributed by atoms with Gasteiger partial charge in [-0.1, -0.05) is 38.3 Å². The van der Waals surface area contributed by atoms with Crippen molar-refractivity contribution >= 4 is 28.6 Å². The summed E-state index contributed by atoms with van der Waals surface area (Å²) in [5, 5.41) is 7.34. The minimum Gasteiger partial charge on any atom is -0.370 e. The SMILES string of the molecule is Cc1ccc2nc(C(=O)NCCC(C)C)nc(NC3CCCCC3N=C(N)N)c2c1. The van der Waals surface area contributed by atoms with Crippen LogP contribution in [0, 0.1) is 12.8 Å². The number of guanidine groups is 1. The van der Waals surface area contributed by atoms with Crippen LogP contribution in [-0.2, 0) is 0 Å². The van der Waals surface area contributed by atoms with Gasteiger partial charge < -0.3 is 22.1 Å². The number of hydrogen-bond donors (Lipinski definition) is 4. The number of fused-ring (bicyclic) bond motifs is 1. The van der Waals surface area contributed by atoms with Crippen LogP contribution in [0.15, 0.2) is 23.2 Å². The largest absolute Gasteiger partial charge is 0.370 e. The second-order valence-electron chi connectivity index (χ2n) is 8.51. The summed E-state index contributed by atoms with van der Waals surface area (Å²) in [6, 6.07) is 5.99. The van der Waals surface area contributed by atoms with Crippen LogP contribution >= 0.6 is 0 Å². The molecule has 0 bridgehead atoms. The van der Waals surface area contributed by atoms with Gasteiger partial charge in [-0.05, 0) is 44.2 Å². The van der Waals surface area contributed by atoms with Crippen molar-refractivity contribution in [3.8, 4) is 0 Å². The molecule has 3 rings (SSSR count). The molecule has 8 nitrogen and oxygen atoms in total. The number of carbonyl (C=O) groups is 1. The number of nitrogens with one attached hydrogen (secondary N) is 2. The van der Waals surface area contributed by atoms with E-state index in [0.29, 0.717) is 18.3 Å². The Labute approximate surface area is 177 Å². The molecule has 2 aromatic rings. The number of rotatable bonds is 7. The molecular formula is C22H33N7O. The number of anilines is 1. The second kappa shape index (κ2) is 9.73. The van der Waals surface area contributed by atoms with Crippen LogP contribution in [0.3, 0.4) is 0 Å². The molecule has 1 amide bonds. The Morgan fingerprint density at radius 3 is 2.73 bits per heavy atom. The van der Waals surface area contributed by atoms with Gasteiger partial charge in [-0.25, -0.2) is 15.0 Å². The number of nitrogens with zero attached hydrogens (tertiary/aromatic N) is 3. The van der Waals surface area contributed by atoms with Gasteiger partial charge in [0.15, 0.2) is 5.96 Å². The summed E-state index contributed by atoms with van der Waals surface area (Å²) >= 11 is 0. The second-order valence-corrected chi connectivity index (χ2v) is 8.51. The minimum atomic E-state index is -0.259. The normalized spacial score (nSPS) is 18.9. The van der Waals surface area contributed by atoms with Crippen LogP contribution in [0.25, 0.3) is 10.9 Å². The van der Waals surface area contributed by atoms with Crippen molar-refractivity contribution < 1.29 is 4.79 Å². The molecule has 0 saturated heterocycles. The van der Waals surface area contributed by atoms with E-state index in [2.05, 4.69) is 39.4 Å². The summed E-state index contributed by atoms with van der Waals surface area (Å²) in [6.45, 7) is 6.88. The van der Waals surface area contributed by atoms with Crippen LogP contribution < -0.4 is 22.1 Å². The van der Waals surface area contributed by atoms with Crippen molar-refractivity contribution in [2.24, 2.45) is 22.4 Å². The highest BCUT2D eigenvalue weighted by molar-refractivity contribution is 5.96. The van der Waals surface area contributed by atoms with E-state index in [9.17, 15) is 4.79 Å². The number of aryl methyl sites for hydroxylation is 1. The number of hydrogen-bond acceptors (Lipinski definition) is 5. The monoisotopic (exact) mass is 411 g/mol. The number of carbonyl (C=O) groups excluding carboxylic acids is 1. The molecule has 1 aliphatic rings. The Morgan fingerprint density at radius 1 is 1.23 bits per heavy atom. The number of nitrogens with two attached hydrogens (primary N) is 2.